The second kappa shape index (κ2) is 12.5. The van der Waals surface area contributed by atoms with Crippen LogP contribution in [0.1, 0.15) is 27.2 Å². The van der Waals surface area contributed by atoms with Crippen LogP contribution in [0.3, 0.4) is 0 Å². The van der Waals surface area contributed by atoms with Crippen LogP contribution >= 0.6 is 12.6 Å². The van der Waals surface area contributed by atoms with E-state index in [1.807, 2.05) is 0 Å². The van der Waals surface area contributed by atoms with E-state index >= 15 is 0 Å². The first-order valence-corrected chi connectivity index (χ1v) is 9.42. The van der Waals surface area contributed by atoms with Crippen molar-refractivity contribution in [3.05, 3.63) is 0 Å². The zero-order chi connectivity index (χ0) is 22.0. The van der Waals surface area contributed by atoms with Gasteiger partial charge in [0, 0.05) is 5.75 Å². The zero-order valence-corrected chi connectivity index (χ0v) is 17.0. The van der Waals surface area contributed by atoms with Gasteiger partial charge in [-0.3, -0.25) is 14.4 Å². The van der Waals surface area contributed by atoms with Gasteiger partial charge in [0.15, 0.2) is 0 Å². The fourth-order valence-corrected chi connectivity index (χ4v) is 2.33. The van der Waals surface area contributed by atoms with Gasteiger partial charge in [0.25, 0.3) is 0 Å². The highest BCUT2D eigenvalue weighted by atomic mass is 32.1. The summed E-state index contributed by atoms with van der Waals surface area (Å²) in [4.78, 5) is 47.8. The zero-order valence-electron chi connectivity index (χ0n) is 16.1. The summed E-state index contributed by atoms with van der Waals surface area (Å²) in [6, 6.07) is -5.05. The standard InChI is InChI=1S/C16H30N4O7S/c1-4-7(2)12(20-14(24)11(17)8(3)22)15(25)18-9(5-21)13(23)19-10(6-28)16(26)27/h7-12,21-22,28H,4-6,17H2,1-3H3,(H,18,25)(H,19,23)(H,20,24)(H,26,27). The Labute approximate surface area is 168 Å². The van der Waals surface area contributed by atoms with E-state index in [1.165, 1.54) is 6.92 Å². The van der Waals surface area contributed by atoms with E-state index in [0.717, 1.165) is 0 Å². The smallest absolute Gasteiger partial charge is 0.327 e. The van der Waals surface area contributed by atoms with E-state index < -0.39 is 60.6 Å². The molecule has 0 saturated carbocycles. The predicted molar refractivity (Wildman–Crippen MR) is 103 cm³/mol. The summed E-state index contributed by atoms with van der Waals surface area (Å²) >= 11 is 3.82. The molecule has 0 radical (unpaired) electrons. The molecule has 0 fully saturated rings. The van der Waals surface area contributed by atoms with Crippen molar-refractivity contribution in [1.82, 2.24) is 16.0 Å². The van der Waals surface area contributed by atoms with E-state index in [9.17, 15) is 29.4 Å². The molecule has 0 bridgehead atoms. The van der Waals surface area contributed by atoms with Gasteiger partial charge >= 0.3 is 5.97 Å². The van der Waals surface area contributed by atoms with Gasteiger partial charge in [-0.15, -0.1) is 0 Å². The van der Waals surface area contributed by atoms with Gasteiger partial charge in [-0.05, 0) is 12.8 Å². The lowest BCUT2D eigenvalue weighted by Gasteiger charge is -2.27. The number of hydrogen-bond donors (Lipinski definition) is 8. The molecule has 0 saturated heterocycles. The maximum atomic E-state index is 12.6. The maximum absolute atomic E-state index is 12.6. The second-order valence-electron chi connectivity index (χ2n) is 6.46. The number of aliphatic hydroxyl groups is 2. The summed E-state index contributed by atoms with van der Waals surface area (Å²) in [5.74, 6) is -4.27. The molecule has 3 amide bonds. The lowest BCUT2D eigenvalue weighted by molar-refractivity contribution is -0.142. The molecule has 12 heteroatoms. The highest BCUT2D eigenvalue weighted by Crippen LogP contribution is 2.09. The fraction of sp³-hybridized carbons (Fsp3) is 0.750. The maximum Gasteiger partial charge on any atom is 0.327 e. The number of amides is 3. The van der Waals surface area contributed by atoms with E-state index in [2.05, 4.69) is 28.6 Å². The molecule has 0 aromatic rings. The highest BCUT2D eigenvalue weighted by molar-refractivity contribution is 7.80. The summed E-state index contributed by atoms with van der Waals surface area (Å²) in [7, 11) is 0. The topological polar surface area (TPSA) is 191 Å². The second-order valence-corrected chi connectivity index (χ2v) is 6.83. The van der Waals surface area contributed by atoms with Crippen molar-refractivity contribution in [3.8, 4) is 0 Å². The molecule has 0 rings (SSSR count). The van der Waals surface area contributed by atoms with Crippen LogP contribution in [0.15, 0.2) is 0 Å². The van der Waals surface area contributed by atoms with Crippen molar-refractivity contribution >= 4 is 36.3 Å². The Kier molecular flexibility index (Phi) is 11.7. The van der Waals surface area contributed by atoms with Crippen LogP contribution in [0.4, 0.5) is 0 Å². The molecule has 6 atom stereocenters. The molecule has 0 aromatic carbocycles. The number of carbonyl (C=O) groups is 4. The summed E-state index contributed by atoms with van der Waals surface area (Å²) in [6.45, 7) is 4.01. The number of nitrogens with one attached hydrogen (secondary N) is 3. The van der Waals surface area contributed by atoms with Gasteiger partial charge in [-0.25, -0.2) is 4.79 Å². The first kappa shape index (κ1) is 26.1. The van der Waals surface area contributed by atoms with Crippen LogP contribution in [0, 0.1) is 5.92 Å². The number of rotatable bonds is 12. The van der Waals surface area contributed by atoms with Crippen molar-refractivity contribution in [2.75, 3.05) is 12.4 Å². The Hall–Kier alpha value is -1.89. The molecule has 0 aliphatic heterocycles. The van der Waals surface area contributed by atoms with Crippen LogP contribution in [0.2, 0.25) is 0 Å². The predicted octanol–water partition coefficient (Wildman–Crippen LogP) is -2.80. The number of hydrogen-bond acceptors (Lipinski definition) is 8. The molecule has 8 N–H and O–H groups in total. The Balaban J connectivity index is 5.23. The van der Waals surface area contributed by atoms with Crippen LogP contribution < -0.4 is 21.7 Å². The van der Waals surface area contributed by atoms with Gasteiger partial charge < -0.3 is 37.0 Å². The van der Waals surface area contributed by atoms with Gasteiger partial charge in [-0.2, -0.15) is 12.6 Å². The number of carboxylic acid groups (broad SMARTS) is 1. The minimum Gasteiger partial charge on any atom is -0.480 e. The molecule has 6 unspecified atom stereocenters. The van der Waals surface area contributed by atoms with E-state index in [0.29, 0.717) is 6.42 Å². The quantitative estimate of drug-likeness (QED) is 0.155. The number of carboxylic acids is 1. The Morgan fingerprint density at radius 2 is 1.54 bits per heavy atom. The normalized spacial score (nSPS) is 17.4. The van der Waals surface area contributed by atoms with Gasteiger partial charge in [0.05, 0.1) is 12.7 Å². The first-order chi connectivity index (χ1) is 13.0. The molecule has 11 nitrogen and oxygen atoms in total. The lowest BCUT2D eigenvalue weighted by atomic mass is 9.97. The average Bonchev–Trinajstić information content (AvgIpc) is 2.65. The number of aliphatic carboxylic acids is 1. The highest BCUT2D eigenvalue weighted by Gasteiger charge is 2.32. The number of nitrogens with two attached hydrogens (primary N) is 1. The molecule has 0 heterocycles. The van der Waals surface area contributed by atoms with Crippen LogP contribution in [0.5, 0.6) is 0 Å². The summed E-state index contributed by atoms with van der Waals surface area (Å²) in [5.41, 5.74) is 5.56. The fourth-order valence-electron chi connectivity index (χ4n) is 2.08. The largest absolute Gasteiger partial charge is 0.480 e. The van der Waals surface area contributed by atoms with Gasteiger partial charge in [-0.1, -0.05) is 20.3 Å². The van der Waals surface area contributed by atoms with E-state index in [-0.39, 0.29) is 11.7 Å². The number of carbonyl (C=O) groups excluding carboxylic acids is 3. The summed E-state index contributed by atoms with van der Waals surface area (Å²) in [6.07, 6.45) is -0.635. The Morgan fingerprint density at radius 3 is 1.93 bits per heavy atom. The Morgan fingerprint density at radius 1 is 1.00 bits per heavy atom. The lowest BCUT2D eigenvalue weighted by Crippen LogP contribution is -2.60. The molecular formula is C16H30N4O7S. The third-order valence-electron chi connectivity index (χ3n) is 4.23. The Bertz CT molecular complexity index is 561. The molecule has 0 spiro atoms. The van der Waals surface area contributed by atoms with Gasteiger partial charge in [0.1, 0.15) is 24.2 Å². The van der Waals surface area contributed by atoms with Crippen molar-refractivity contribution in [3.63, 3.8) is 0 Å². The van der Waals surface area contributed by atoms with Crippen molar-refractivity contribution in [2.45, 2.75) is 57.5 Å². The SMILES string of the molecule is CCC(C)C(NC(=O)C(N)C(C)O)C(=O)NC(CO)C(=O)NC(CS)C(=O)O. The summed E-state index contributed by atoms with van der Waals surface area (Å²) in [5, 5.41) is 34.6. The molecule has 0 aromatic heterocycles. The van der Waals surface area contributed by atoms with E-state index in [4.69, 9.17) is 10.8 Å². The minimum absolute atomic E-state index is 0.185. The van der Waals surface area contributed by atoms with Crippen molar-refractivity contribution in [2.24, 2.45) is 11.7 Å². The third-order valence-corrected chi connectivity index (χ3v) is 4.59. The molecule has 28 heavy (non-hydrogen) atoms. The summed E-state index contributed by atoms with van der Waals surface area (Å²) < 4.78 is 0. The van der Waals surface area contributed by atoms with E-state index in [1.54, 1.807) is 13.8 Å². The van der Waals surface area contributed by atoms with Crippen LogP contribution in [0.25, 0.3) is 0 Å². The minimum atomic E-state index is -1.43. The first-order valence-electron chi connectivity index (χ1n) is 8.79. The third kappa shape index (κ3) is 8.00. The van der Waals surface area contributed by atoms with Gasteiger partial charge in [0.2, 0.25) is 17.7 Å². The van der Waals surface area contributed by atoms with Crippen molar-refractivity contribution in [1.29, 1.82) is 0 Å². The van der Waals surface area contributed by atoms with Crippen molar-refractivity contribution < 1.29 is 34.5 Å². The van der Waals surface area contributed by atoms with Crippen LogP contribution in [-0.4, -0.2) is 81.6 Å². The van der Waals surface area contributed by atoms with Crippen LogP contribution in [-0.2, 0) is 19.2 Å². The molecular weight excluding hydrogens is 392 g/mol. The molecule has 0 aliphatic carbocycles. The molecule has 0 aliphatic rings. The molecule has 162 valence electrons. The monoisotopic (exact) mass is 422 g/mol. The number of aliphatic hydroxyl groups excluding tert-OH is 2. The average molecular weight is 423 g/mol. The number of thiol groups is 1.